The minimum atomic E-state index is -0.631. The predicted octanol–water partition coefficient (Wildman–Crippen LogP) is 3.78. The number of esters is 1. The molecule has 0 saturated heterocycles. The van der Waals surface area contributed by atoms with E-state index in [2.05, 4.69) is 15.8 Å². The molecule has 178 valence electrons. The lowest BCUT2D eigenvalue weighted by atomic mass is 10.0. The van der Waals surface area contributed by atoms with Crippen LogP contribution in [0.1, 0.15) is 22.3 Å². The fourth-order valence-electron chi connectivity index (χ4n) is 3.73. The number of rotatable bonds is 8. The van der Waals surface area contributed by atoms with Crippen molar-refractivity contribution in [2.75, 3.05) is 13.7 Å². The van der Waals surface area contributed by atoms with Crippen molar-refractivity contribution < 1.29 is 23.9 Å². The molecule has 1 heterocycles. The number of carbonyl (C=O) groups excluding carboxylic acids is 3. The number of amides is 2. The highest BCUT2D eigenvalue weighted by molar-refractivity contribution is 5.95. The van der Waals surface area contributed by atoms with Gasteiger partial charge in [0, 0.05) is 28.6 Å². The average molecular weight is 472 g/mol. The molecule has 1 aromatic heterocycles. The maximum atomic E-state index is 12.4. The second-order valence-electron chi connectivity index (χ2n) is 7.78. The van der Waals surface area contributed by atoms with Gasteiger partial charge in [0.25, 0.3) is 11.8 Å². The number of fused-ring (bicyclic) bond motifs is 1. The van der Waals surface area contributed by atoms with E-state index in [4.69, 9.17) is 9.47 Å². The molecule has 2 amide bonds. The quantitative estimate of drug-likeness (QED) is 0.268. The molecule has 35 heavy (non-hydrogen) atoms. The van der Waals surface area contributed by atoms with Gasteiger partial charge in [-0.2, -0.15) is 0 Å². The number of hydrogen-bond acceptors (Lipinski definition) is 5. The van der Waals surface area contributed by atoms with Crippen LogP contribution < -0.4 is 15.6 Å². The molecule has 0 fully saturated rings. The zero-order valence-corrected chi connectivity index (χ0v) is 19.2. The number of aromatic amines is 1. The van der Waals surface area contributed by atoms with Crippen molar-refractivity contribution >= 4 is 28.7 Å². The van der Waals surface area contributed by atoms with Gasteiger partial charge in [0.1, 0.15) is 5.75 Å². The Morgan fingerprint density at radius 1 is 0.857 bits per heavy atom. The summed E-state index contributed by atoms with van der Waals surface area (Å²) in [6, 6.07) is 24.0. The topological polar surface area (TPSA) is 110 Å². The molecule has 0 atom stereocenters. The molecule has 0 aliphatic rings. The maximum Gasteiger partial charge on any atom is 0.306 e. The van der Waals surface area contributed by atoms with E-state index < -0.39 is 24.4 Å². The maximum absolute atomic E-state index is 12.4. The molecule has 0 unspecified atom stereocenters. The van der Waals surface area contributed by atoms with Crippen LogP contribution in [-0.2, 0) is 20.7 Å². The monoisotopic (exact) mass is 471 g/mol. The number of hydrazine groups is 1. The largest absolute Gasteiger partial charge is 0.497 e. The molecule has 0 radical (unpaired) electrons. The normalized spacial score (nSPS) is 10.5. The Balaban J connectivity index is 1.34. The van der Waals surface area contributed by atoms with E-state index in [1.165, 1.54) is 0 Å². The third kappa shape index (κ3) is 5.86. The first-order chi connectivity index (χ1) is 17.0. The first-order valence-corrected chi connectivity index (χ1v) is 11.1. The highest BCUT2D eigenvalue weighted by Crippen LogP contribution is 2.32. The van der Waals surface area contributed by atoms with Gasteiger partial charge < -0.3 is 14.5 Å². The van der Waals surface area contributed by atoms with E-state index in [1.807, 2.05) is 48.5 Å². The molecule has 4 aromatic rings. The summed E-state index contributed by atoms with van der Waals surface area (Å²) in [4.78, 5) is 39.7. The fraction of sp³-hybridized carbons (Fsp3) is 0.148. The number of nitrogens with one attached hydrogen (secondary N) is 3. The van der Waals surface area contributed by atoms with Crippen LogP contribution in [0, 0.1) is 0 Å². The second kappa shape index (κ2) is 11.0. The summed E-state index contributed by atoms with van der Waals surface area (Å²) in [6.45, 7) is -0.493. The predicted molar refractivity (Wildman–Crippen MR) is 132 cm³/mol. The lowest BCUT2D eigenvalue weighted by Crippen LogP contribution is -2.43. The standard InChI is InChI=1S/C27H25N3O5/c1-34-20-13-11-18(12-14-20)26-22(21-9-5-6-10-23(21)28-26)15-16-25(32)35-17-24(31)29-30-27(33)19-7-3-2-4-8-19/h2-14,28H,15-17H2,1H3,(H,29,31)(H,30,33). The Hall–Kier alpha value is -4.59. The molecule has 3 aromatic carbocycles. The van der Waals surface area contributed by atoms with Crippen LogP contribution in [0.5, 0.6) is 5.75 Å². The van der Waals surface area contributed by atoms with Gasteiger partial charge in [-0.25, -0.2) is 0 Å². The summed E-state index contributed by atoms with van der Waals surface area (Å²) in [5, 5.41) is 1.02. The Morgan fingerprint density at radius 2 is 1.57 bits per heavy atom. The number of para-hydroxylation sites is 1. The Morgan fingerprint density at radius 3 is 2.31 bits per heavy atom. The van der Waals surface area contributed by atoms with Crippen LogP contribution >= 0.6 is 0 Å². The fourth-order valence-corrected chi connectivity index (χ4v) is 3.73. The summed E-state index contributed by atoms with van der Waals surface area (Å²) in [6.07, 6.45) is 0.519. The molecule has 4 rings (SSSR count). The highest BCUT2D eigenvalue weighted by atomic mass is 16.5. The van der Waals surface area contributed by atoms with E-state index in [0.717, 1.165) is 33.5 Å². The van der Waals surface area contributed by atoms with Gasteiger partial charge >= 0.3 is 5.97 Å². The minimum Gasteiger partial charge on any atom is -0.497 e. The zero-order valence-electron chi connectivity index (χ0n) is 19.2. The van der Waals surface area contributed by atoms with Gasteiger partial charge in [-0.3, -0.25) is 25.2 Å². The van der Waals surface area contributed by atoms with Crippen molar-refractivity contribution in [3.63, 3.8) is 0 Å². The number of aromatic nitrogens is 1. The van der Waals surface area contributed by atoms with Gasteiger partial charge in [-0.1, -0.05) is 36.4 Å². The number of benzene rings is 3. The lowest BCUT2D eigenvalue weighted by molar-refractivity contribution is -0.148. The number of carbonyl (C=O) groups is 3. The van der Waals surface area contributed by atoms with Crippen LogP contribution in [0.15, 0.2) is 78.9 Å². The van der Waals surface area contributed by atoms with Crippen molar-refractivity contribution in [1.82, 2.24) is 15.8 Å². The van der Waals surface area contributed by atoms with Crippen molar-refractivity contribution in [2.24, 2.45) is 0 Å². The highest BCUT2D eigenvalue weighted by Gasteiger charge is 2.16. The molecule has 0 saturated carbocycles. The molecule has 0 aliphatic carbocycles. The second-order valence-corrected chi connectivity index (χ2v) is 7.78. The first-order valence-electron chi connectivity index (χ1n) is 11.1. The van der Waals surface area contributed by atoms with E-state index in [-0.39, 0.29) is 6.42 Å². The third-order valence-electron chi connectivity index (χ3n) is 5.49. The summed E-state index contributed by atoms with van der Waals surface area (Å²) in [5.41, 5.74) is 8.77. The van der Waals surface area contributed by atoms with Gasteiger partial charge in [0.15, 0.2) is 6.61 Å². The number of ether oxygens (including phenoxy) is 2. The Labute approximate surface area is 202 Å². The van der Waals surface area contributed by atoms with Crippen molar-refractivity contribution in [3.8, 4) is 17.0 Å². The van der Waals surface area contributed by atoms with Crippen molar-refractivity contribution in [3.05, 3.63) is 90.0 Å². The van der Waals surface area contributed by atoms with Gasteiger partial charge in [0.05, 0.1) is 7.11 Å². The molecule has 0 bridgehead atoms. The summed E-state index contributed by atoms with van der Waals surface area (Å²) in [5.74, 6) is -0.849. The smallest absolute Gasteiger partial charge is 0.306 e. The van der Waals surface area contributed by atoms with Crippen LogP contribution in [0.4, 0.5) is 0 Å². The lowest BCUT2D eigenvalue weighted by Gasteiger charge is -2.09. The average Bonchev–Trinajstić information content (AvgIpc) is 3.28. The Bertz CT molecular complexity index is 1330. The zero-order chi connectivity index (χ0) is 24.6. The first kappa shape index (κ1) is 23.6. The molecular formula is C27H25N3O5. The van der Waals surface area contributed by atoms with Crippen LogP contribution in [0.2, 0.25) is 0 Å². The summed E-state index contributed by atoms with van der Waals surface area (Å²) in [7, 11) is 1.62. The molecule has 0 aliphatic heterocycles. The summed E-state index contributed by atoms with van der Waals surface area (Å²) < 4.78 is 10.3. The molecule has 0 spiro atoms. The Kier molecular flexibility index (Phi) is 7.42. The number of hydrogen-bond donors (Lipinski definition) is 3. The van der Waals surface area contributed by atoms with E-state index in [1.54, 1.807) is 37.4 Å². The van der Waals surface area contributed by atoms with Crippen LogP contribution in [-0.4, -0.2) is 36.5 Å². The van der Waals surface area contributed by atoms with Crippen LogP contribution in [0.25, 0.3) is 22.2 Å². The van der Waals surface area contributed by atoms with E-state index >= 15 is 0 Å². The van der Waals surface area contributed by atoms with Crippen molar-refractivity contribution in [2.45, 2.75) is 12.8 Å². The van der Waals surface area contributed by atoms with E-state index in [0.29, 0.717) is 12.0 Å². The number of aryl methyl sites for hydroxylation is 1. The SMILES string of the molecule is COc1ccc(-c2[nH]c3ccccc3c2CCC(=O)OCC(=O)NNC(=O)c2ccccc2)cc1. The number of methoxy groups -OCH3 is 1. The van der Waals surface area contributed by atoms with Crippen molar-refractivity contribution in [1.29, 1.82) is 0 Å². The van der Waals surface area contributed by atoms with Gasteiger partial charge in [-0.05, 0) is 60.0 Å². The van der Waals surface area contributed by atoms with Gasteiger partial charge in [0.2, 0.25) is 0 Å². The van der Waals surface area contributed by atoms with E-state index in [9.17, 15) is 14.4 Å². The molecule has 8 heteroatoms. The molecule has 8 nitrogen and oxygen atoms in total. The molecule has 3 N–H and O–H groups in total. The van der Waals surface area contributed by atoms with Crippen LogP contribution in [0.3, 0.4) is 0 Å². The summed E-state index contributed by atoms with van der Waals surface area (Å²) >= 11 is 0. The third-order valence-corrected chi connectivity index (χ3v) is 5.49. The molecular weight excluding hydrogens is 446 g/mol. The van der Waals surface area contributed by atoms with Gasteiger partial charge in [-0.15, -0.1) is 0 Å². The number of H-pyrrole nitrogens is 1. The minimum absolute atomic E-state index is 0.0919.